The number of rotatable bonds is 45. The molecule has 2 saturated heterocycles. The van der Waals surface area contributed by atoms with E-state index in [2.05, 4.69) is 19.2 Å². The largest absolute Gasteiger partial charge is 0.394 e. The maximum absolute atomic E-state index is 13.2. The highest BCUT2D eigenvalue weighted by Crippen LogP contribution is 2.30. The Morgan fingerprint density at radius 1 is 0.471 bits per heavy atom. The molecule has 68 heavy (non-hydrogen) atoms. The highest BCUT2D eigenvalue weighted by atomic mass is 16.7. The molecule has 2 fully saturated rings. The molecule has 0 saturated carbocycles. The fraction of sp³-hybridized carbons (Fsp3) is 0.981. The van der Waals surface area contributed by atoms with E-state index in [-0.39, 0.29) is 12.5 Å². The Morgan fingerprint density at radius 3 is 1.25 bits per heavy atom. The summed E-state index contributed by atoms with van der Waals surface area (Å²) < 4.78 is 22.8. The first-order valence-electron chi connectivity index (χ1n) is 28.3. The van der Waals surface area contributed by atoms with Crippen LogP contribution in [-0.4, -0.2) is 140 Å². The first-order valence-corrected chi connectivity index (χ1v) is 28.3. The Morgan fingerprint density at radius 2 is 0.838 bits per heavy atom. The summed E-state index contributed by atoms with van der Waals surface area (Å²) in [6.07, 6.45) is 26.6. The third-order valence-electron chi connectivity index (χ3n) is 14.3. The van der Waals surface area contributed by atoms with Crippen LogP contribution in [0.1, 0.15) is 245 Å². The summed E-state index contributed by atoms with van der Waals surface area (Å²) in [6.45, 7) is 2.89. The molecule has 0 aromatic rings. The van der Waals surface area contributed by atoms with E-state index in [1.165, 1.54) is 167 Å². The molecule has 0 spiro atoms. The monoisotopic (exact) mass is 976 g/mol. The van der Waals surface area contributed by atoms with Gasteiger partial charge in [0.25, 0.3) is 0 Å². The van der Waals surface area contributed by atoms with E-state index in [1.54, 1.807) is 0 Å². The van der Waals surface area contributed by atoms with Gasteiger partial charge in [0, 0.05) is 6.42 Å². The summed E-state index contributed by atoms with van der Waals surface area (Å²) in [6, 6.07) is -0.821. The van der Waals surface area contributed by atoms with Gasteiger partial charge in [0.1, 0.15) is 48.8 Å². The van der Waals surface area contributed by atoms with Gasteiger partial charge in [0.05, 0.1) is 32.0 Å². The van der Waals surface area contributed by atoms with Crippen LogP contribution in [0, 0.1) is 0 Å². The summed E-state index contributed by atoms with van der Waals surface area (Å²) in [4.78, 5) is 13.2. The molecule has 0 aliphatic carbocycles. The number of carbonyl (C=O) groups is 1. The van der Waals surface area contributed by atoms with Crippen LogP contribution >= 0.6 is 0 Å². The van der Waals surface area contributed by atoms with Crippen LogP contribution in [0.25, 0.3) is 0 Å². The summed E-state index contributed by atoms with van der Waals surface area (Å²) in [5.41, 5.74) is 0. The molecule has 0 radical (unpaired) electrons. The van der Waals surface area contributed by atoms with Gasteiger partial charge in [0.15, 0.2) is 12.6 Å². The van der Waals surface area contributed by atoms with Gasteiger partial charge in [-0.1, -0.05) is 226 Å². The predicted octanol–water partition coefficient (Wildman–Crippen LogP) is 8.56. The third kappa shape index (κ3) is 27.7. The molecule has 0 aromatic heterocycles. The molecule has 2 aliphatic heterocycles. The van der Waals surface area contributed by atoms with Crippen molar-refractivity contribution >= 4 is 5.91 Å². The second kappa shape index (κ2) is 41.5. The van der Waals surface area contributed by atoms with Crippen LogP contribution in [0.5, 0.6) is 0 Å². The second-order valence-corrected chi connectivity index (χ2v) is 20.4. The highest BCUT2D eigenvalue weighted by Gasteiger charge is 2.51. The summed E-state index contributed by atoms with van der Waals surface area (Å²) in [5, 5.41) is 87.1. The number of hydrogen-bond acceptors (Lipinski definition) is 13. The van der Waals surface area contributed by atoms with Gasteiger partial charge in [-0.15, -0.1) is 0 Å². The van der Waals surface area contributed by atoms with Crippen molar-refractivity contribution in [2.75, 3.05) is 19.8 Å². The number of hydrogen-bond donors (Lipinski definition) is 9. The fourth-order valence-corrected chi connectivity index (χ4v) is 9.71. The lowest BCUT2D eigenvalue weighted by Crippen LogP contribution is -2.65. The standard InChI is InChI=1S/C54H105NO13/c1-3-5-7-9-11-13-15-17-19-21-22-23-25-27-29-31-33-35-37-43(58)42(55-46(59)38-36-34-32-30-28-26-24-20-18-16-14-12-10-8-6-4-2)41-65-53-51(64)49(62)52(45(40-57)67-53)68-54-50(63)48(61)47(60)44(39-56)66-54/h42-45,47-54,56-58,60-64H,3-41H2,1-2H3,(H,55,59). The zero-order chi connectivity index (χ0) is 49.6. The van der Waals surface area contributed by atoms with Crippen molar-refractivity contribution in [3.8, 4) is 0 Å². The second-order valence-electron chi connectivity index (χ2n) is 20.4. The Bertz CT molecular complexity index is 1150. The maximum Gasteiger partial charge on any atom is 0.220 e. The van der Waals surface area contributed by atoms with Crippen molar-refractivity contribution in [2.45, 2.75) is 319 Å². The van der Waals surface area contributed by atoms with Crippen LogP contribution in [-0.2, 0) is 23.7 Å². The molecular formula is C54H105NO13. The minimum Gasteiger partial charge on any atom is -0.394 e. The Labute approximate surface area is 413 Å². The zero-order valence-electron chi connectivity index (χ0n) is 43.1. The average molecular weight is 976 g/mol. The molecule has 12 unspecified atom stereocenters. The molecular weight excluding hydrogens is 871 g/mol. The summed E-state index contributed by atoms with van der Waals surface area (Å²) in [5.74, 6) is -0.202. The van der Waals surface area contributed by atoms with Gasteiger partial charge in [-0.2, -0.15) is 0 Å². The SMILES string of the molecule is CCCCCCCCCCCCCCCCCCCCC(O)C(COC1OC(CO)C(OC2OC(CO)C(O)C(O)C2O)C(O)C1O)NC(=O)CCCCCCCCCCCCCCCCCC. The van der Waals surface area contributed by atoms with Gasteiger partial charge in [-0.3, -0.25) is 4.79 Å². The van der Waals surface area contributed by atoms with Crippen LogP contribution in [0.15, 0.2) is 0 Å². The van der Waals surface area contributed by atoms with Crippen LogP contribution < -0.4 is 5.32 Å². The number of amides is 1. The number of carbonyl (C=O) groups excluding carboxylic acids is 1. The molecule has 2 rings (SSSR count). The van der Waals surface area contributed by atoms with Crippen molar-refractivity contribution in [3.63, 3.8) is 0 Å². The van der Waals surface area contributed by atoms with E-state index in [0.717, 1.165) is 51.4 Å². The molecule has 1 amide bonds. The van der Waals surface area contributed by atoms with E-state index in [4.69, 9.17) is 18.9 Å². The molecule has 404 valence electrons. The van der Waals surface area contributed by atoms with E-state index in [9.17, 15) is 45.6 Å². The van der Waals surface area contributed by atoms with E-state index >= 15 is 0 Å². The molecule has 0 aromatic carbocycles. The van der Waals surface area contributed by atoms with Gasteiger partial charge < -0.3 is 65.1 Å². The molecule has 12 atom stereocenters. The van der Waals surface area contributed by atoms with Crippen molar-refractivity contribution in [1.29, 1.82) is 0 Å². The first-order chi connectivity index (χ1) is 33.1. The Balaban J connectivity index is 1.78. The van der Waals surface area contributed by atoms with Crippen LogP contribution in [0.3, 0.4) is 0 Å². The van der Waals surface area contributed by atoms with E-state index in [0.29, 0.717) is 12.8 Å². The molecule has 2 aliphatic rings. The molecule has 9 N–H and O–H groups in total. The topological polar surface area (TPSA) is 228 Å². The zero-order valence-corrected chi connectivity index (χ0v) is 43.1. The number of nitrogens with one attached hydrogen (secondary N) is 1. The van der Waals surface area contributed by atoms with E-state index in [1.807, 2.05) is 0 Å². The van der Waals surface area contributed by atoms with Crippen LogP contribution in [0.2, 0.25) is 0 Å². The number of aliphatic hydroxyl groups excluding tert-OH is 8. The van der Waals surface area contributed by atoms with Crippen molar-refractivity contribution < 1.29 is 64.6 Å². The normalized spacial score (nSPS) is 26.3. The van der Waals surface area contributed by atoms with Gasteiger partial charge in [-0.05, 0) is 12.8 Å². The van der Waals surface area contributed by atoms with Crippen molar-refractivity contribution in [1.82, 2.24) is 5.32 Å². The quantitative estimate of drug-likeness (QED) is 0.0261. The number of unbranched alkanes of at least 4 members (excludes halogenated alkanes) is 32. The van der Waals surface area contributed by atoms with E-state index < -0.39 is 86.8 Å². The van der Waals surface area contributed by atoms with Crippen molar-refractivity contribution in [3.05, 3.63) is 0 Å². The molecule has 14 heteroatoms. The molecule has 0 bridgehead atoms. The lowest BCUT2D eigenvalue weighted by atomic mass is 9.97. The Hall–Kier alpha value is -1.01. The molecule has 14 nitrogen and oxygen atoms in total. The number of ether oxygens (including phenoxy) is 4. The average Bonchev–Trinajstić information content (AvgIpc) is 3.34. The molecule has 2 heterocycles. The van der Waals surface area contributed by atoms with Crippen LogP contribution in [0.4, 0.5) is 0 Å². The lowest BCUT2D eigenvalue weighted by molar-refractivity contribution is -0.359. The predicted molar refractivity (Wildman–Crippen MR) is 268 cm³/mol. The van der Waals surface area contributed by atoms with Gasteiger partial charge in [0.2, 0.25) is 5.91 Å². The van der Waals surface area contributed by atoms with Crippen molar-refractivity contribution in [2.24, 2.45) is 0 Å². The lowest BCUT2D eigenvalue weighted by Gasteiger charge is -2.46. The maximum atomic E-state index is 13.2. The minimum absolute atomic E-state index is 0.202. The fourth-order valence-electron chi connectivity index (χ4n) is 9.71. The van der Waals surface area contributed by atoms with Gasteiger partial charge >= 0.3 is 0 Å². The number of aliphatic hydroxyl groups is 8. The Kier molecular flexibility index (Phi) is 38.5. The van der Waals surface area contributed by atoms with Gasteiger partial charge in [-0.25, -0.2) is 0 Å². The third-order valence-corrected chi connectivity index (χ3v) is 14.3. The summed E-state index contributed by atoms with van der Waals surface area (Å²) in [7, 11) is 0. The highest BCUT2D eigenvalue weighted by molar-refractivity contribution is 5.76. The summed E-state index contributed by atoms with van der Waals surface area (Å²) >= 11 is 0. The first kappa shape index (κ1) is 63.1. The smallest absolute Gasteiger partial charge is 0.220 e. The minimum atomic E-state index is -1.78.